The number of sulfonamides is 1. The van der Waals surface area contributed by atoms with Gasteiger partial charge in [-0.3, -0.25) is 0 Å². The second-order valence-corrected chi connectivity index (χ2v) is 6.96. The lowest BCUT2D eigenvalue weighted by molar-refractivity contribution is 0.391. The lowest BCUT2D eigenvalue weighted by Gasteiger charge is -2.16. The first-order valence-electron chi connectivity index (χ1n) is 5.33. The first-order chi connectivity index (χ1) is 8.03. The van der Waals surface area contributed by atoms with Gasteiger partial charge in [-0.1, -0.05) is 15.9 Å². The Labute approximate surface area is 110 Å². The smallest absolute Gasteiger partial charge is 0.214 e. The van der Waals surface area contributed by atoms with Crippen molar-refractivity contribution in [3.8, 4) is 5.75 Å². The second-order valence-electron chi connectivity index (χ2n) is 3.96. The molecule has 0 aromatic heterocycles. The van der Waals surface area contributed by atoms with Gasteiger partial charge in [0, 0.05) is 23.1 Å². The molecule has 0 N–H and O–H groups in total. The number of halogens is 1. The summed E-state index contributed by atoms with van der Waals surface area (Å²) in [7, 11) is -1.47. The number of methoxy groups -OCH3 is 1. The molecule has 1 fully saturated rings. The number of ether oxygens (including phenoxy) is 1. The van der Waals surface area contributed by atoms with E-state index in [2.05, 4.69) is 15.9 Å². The molecule has 0 aliphatic carbocycles. The van der Waals surface area contributed by atoms with Crippen molar-refractivity contribution < 1.29 is 13.2 Å². The van der Waals surface area contributed by atoms with Gasteiger partial charge in [-0.15, -0.1) is 0 Å². The van der Waals surface area contributed by atoms with Crippen molar-refractivity contribution in [3.63, 3.8) is 0 Å². The molecule has 17 heavy (non-hydrogen) atoms. The lowest BCUT2D eigenvalue weighted by Crippen LogP contribution is -2.25. The van der Waals surface area contributed by atoms with Crippen LogP contribution in [0.4, 0.5) is 0 Å². The minimum atomic E-state index is -3.06. The quantitative estimate of drug-likeness (QED) is 0.856. The highest BCUT2D eigenvalue weighted by Crippen LogP contribution is 2.26. The standard InChI is InChI=1S/C11H14BrNO3S/c1-16-11-4-3-10(12)7-9(11)8-13-5-2-6-17(13,14)15/h3-4,7H,2,5-6,8H2,1H3. The Kier molecular flexibility index (Phi) is 3.75. The molecule has 0 unspecified atom stereocenters. The Morgan fingerprint density at radius 3 is 2.82 bits per heavy atom. The van der Waals surface area contributed by atoms with Gasteiger partial charge >= 0.3 is 0 Å². The van der Waals surface area contributed by atoms with Crippen molar-refractivity contribution >= 4 is 26.0 Å². The Bertz CT molecular complexity index is 515. The molecule has 1 saturated heterocycles. The molecule has 1 heterocycles. The Balaban J connectivity index is 2.26. The van der Waals surface area contributed by atoms with E-state index in [1.165, 1.54) is 4.31 Å². The first-order valence-corrected chi connectivity index (χ1v) is 7.73. The summed E-state index contributed by atoms with van der Waals surface area (Å²) in [6.45, 7) is 0.975. The third kappa shape index (κ3) is 2.81. The predicted molar refractivity (Wildman–Crippen MR) is 69.5 cm³/mol. The van der Waals surface area contributed by atoms with Crippen molar-refractivity contribution in [1.29, 1.82) is 0 Å². The molecule has 1 aliphatic heterocycles. The summed E-state index contributed by atoms with van der Waals surface area (Å²) >= 11 is 3.38. The molecule has 1 aromatic carbocycles. The summed E-state index contributed by atoms with van der Waals surface area (Å²) in [5.41, 5.74) is 0.882. The van der Waals surface area contributed by atoms with Crippen LogP contribution in [0.1, 0.15) is 12.0 Å². The van der Waals surface area contributed by atoms with Gasteiger partial charge in [-0.05, 0) is 24.6 Å². The van der Waals surface area contributed by atoms with Crippen LogP contribution >= 0.6 is 15.9 Å². The molecular weight excluding hydrogens is 306 g/mol. The van der Waals surface area contributed by atoms with Crippen LogP contribution in [0, 0.1) is 0 Å². The average molecular weight is 320 g/mol. The van der Waals surface area contributed by atoms with Gasteiger partial charge in [0.15, 0.2) is 0 Å². The van der Waals surface area contributed by atoms with Crippen LogP contribution in [-0.2, 0) is 16.6 Å². The molecule has 1 aliphatic rings. The van der Waals surface area contributed by atoms with Gasteiger partial charge in [0.1, 0.15) is 5.75 Å². The Morgan fingerprint density at radius 2 is 2.24 bits per heavy atom. The maximum absolute atomic E-state index is 11.7. The highest BCUT2D eigenvalue weighted by molar-refractivity contribution is 9.10. The topological polar surface area (TPSA) is 46.6 Å². The number of hydrogen-bond donors (Lipinski definition) is 0. The summed E-state index contributed by atoms with van der Waals surface area (Å²) in [6.07, 6.45) is 0.707. The molecule has 0 radical (unpaired) electrons. The zero-order valence-electron chi connectivity index (χ0n) is 9.52. The Morgan fingerprint density at radius 1 is 1.47 bits per heavy atom. The number of rotatable bonds is 3. The van der Waals surface area contributed by atoms with E-state index in [1.807, 2.05) is 18.2 Å². The van der Waals surface area contributed by atoms with E-state index in [0.29, 0.717) is 19.5 Å². The van der Waals surface area contributed by atoms with Crippen LogP contribution in [-0.4, -0.2) is 32.1 Å². The van der Waals surface area contributed by atoms with Crippen LogP contribution in [0.3, 0.4) is 0 Å². The summed E-state index contributed by atoms with van der Waals surface area (Å²) in [5, 5.41) is 0. The molecule has 0 saturated carbocycles. The maximum atomic E-state index is 11.7. The van der Waals surface area contributed by atoms with Crippen molar-refractivity contribution in [2.24, 2.45) is 0 Å². The molecular formula is C11H14BrNO3S. The summed E-state index contributed by atoms with van der Waals surface area (Å²) < 4.78 is 31.1. The van der Waals surface area contributed by atoms with Gasteiger partial charge in [0.2, 0.25) is 10.0 Å². The first kappa shape index (κ1) is 12.9. The van der Waals surface area contributed by atoms with E-state index in [9.17, 15) is 8.42 Å². The van der Waals surface area contributed by atoms with E-state index >= 15 is 0 Å². The number of nitrogens with zero attached hydrogens (tertiary/aromatic N) is 1. The molecule has 94 valence electrons. The molecule has 1 aromatic rings. The van der Waals surface area contributed by atoms with Crippen molar-refractivity contribution in [3.05, 3.63) is 28.2 Å². The predicted octanol–water partition coefficient (Wildman–Crippen LogP) is 1.99. The fourth-order valence-corrected chi connectivity index (χ4v) is 3.83. The van der Waals surface area contributed by atoms with Crippen molar-refractivity contribution in [2.75, 3.05) is 19.4 Å². The molecule has 0 atom stereocenters. The maximum Gasteiger partial charge on any atom is 0.214 e. The van der Waals surface area contributed by atoms with Gasteiger partial charge in [0.25, 0.3) is 0 Å². The fourth-order valence-electron chi connectivity index (χ4n) is 1.93. The monoisotopic (exact) mass is 319 g/mol. The van der Waals surface area contributed by atoms with Gasteiger partial charge in [-0.2, -0.15) is 4.31 Å². The molecule has 6 heteroatoms. The minimum Gasteiger partial charge on any atom is -0.496 e. The average Bonchev–Trinajstić information content (AvgIpc) is 2.59. The zero-order valence-corrected chi connectivity index (χ0v) is 11.9. The molecule has 0 amide bonds. The Hall–Kier alpha value is -0.590. The summed E-state index contributed by atoms with van der Waals surface area (Å²) in [5.74, 6) is 0.971. The lowest BCUT2D eigenvalue weighted by atomic mass is 10.2. The van der Waals surface area contributed by atoms with Crippen LogP contribution < -0.4 is 4.74 Å². The molecule has 2 rings (SSSR count). The fraction of sp³-hybridized carbons (Fsp3) is 0.455. The van der Waals surface area contributed by atoms with Crippen molar-refractivity contribution in [1.82, 2.24) is 4.31 Å². The van der Waals surface area contributed by atoms with E-state index in [1.54, 1.807) is 7.11 Å². The highest BCUT2D eigenvalue weighted by atomic mass is 79.9. The van der Waals surface area contributed by atoms with Gasteiger partial charge < -0.3 is 4.74 Å². The third-order valence-electron chi connectivity index (χ3n) is 2.79. The number of benzene rings is 1. The normalized spacial score (nSPS) is 19.4. The molecule has 4 nitrogen and oxygen atoms in total. The van der Waals surface area contributed by atoms with E-state index in [4.69, 9.17) is 4.74 Å². The largest absolute Gasteiger partial charge is 0.496 e. The van der Waals surface area contributed by atoms with Gasteiger partial charge in [0.05, 0.1) is 12.9 Å². The van der Waals surface area contributed by atoms with Crippen molar-refractivity contribution in [2.45, 2.75) is 13.0 Å². The third-order valence-corrected chi connectivity index (χ3v) is 5.19. The van der Waals surface area contributed by atoms with Crippen LogP contribution in [0.15, 0.2) is 22.7 Å². The van der Waals surface area contributed by atoms with E-state index in [-0.39, 0.29) is 5.75 Å². The highest BCUT2D eigenvalue weighted by Gasteiger charge is 2.28. The summed E-state index contributed by atoms with van der Waals surface area (Å²) in [6, 6.07) is 5.61. The molecule has 0 spiro atoms. The minimum absolute atomic E-state index is 0.253. The molecule has 0 bridgehead atoms. The second kappa shape index (κ2) is 4.96. The van der Waals surface area contributed by atoms with E-state index in [0.717, 1.165) is 15.8 Å². The van der Waals surface area contributed by atoms with Crippen LogP contribution in [0.25, 0.3) is 0 Å². The van der Waals surface area contributed by atoms with E-state index < -0.39 is 10.0 Å². The summed E-state index contributed by atoms with van der Waals surface area (Å²) in [4.78, 5) is 0. The van der Waals surface area contributed by atoms with Gasteiger partial charge in [-0.25, -0.2) is 8.42 Å². The van der Waals surface area contributed by atoms with Crippen LogP contribution in [0.2, 0.25) is 0 Å². The number of hydrogen-bond acceptors (Lipinski definition) is 3. The zero-order chi connectivity index (χ0) is 12.5. The van der Waals surface area contributed by atoms with Crippen LogP contribution in [0.5, 0.6) is 5.75 Å². The SMILES string of the molecule is COc1ccc(Br)cc1CN1CCCS1(=O)=O.